The second-order valence-electron chi connectivity index (χ2n) is 6.56. The van der Waals surface area contributed by atoms with Crippen molar-refractivity contribution in [2.45, 2.75) is 31.7 Å². The molecule has 0 atom stereocenters. The number of benzene rings is 1. The van der Waals surface area contributed by atoms with Gasteiger partial charge in [-0.05, 0) is 43.2 Å². The van der Waals surface area contributed by atoms with Gasteiger partial charge in [0.1, 0.15) is 11.6 Å². The van der Waals surface area contributed by atoms with Crippen LogP contribution in [-0.2, 0) is 0 Å². The Morgan fingerprint density at radius 2 is 1.85 bits per heavy atom. The lowest BCUT2D eigenvalue weighted by Gasteiger charge is -2.15. The van der Waals surface area contributed by atoms with Crippen molar-refractivity contribution in [1.29, 1.82) is 0 Å². The molecule has 1 fully saturated rings. The molecule has 0 aliphatic heterocycles. The van der Waals surface area contributed by atoms with E-state index in [2.05, 4.69) is 25.6 Å². The first kappa shape index (κ1) is 17.7. The molecule has 0 radical (unpaired) electrons. The van der Waals surface area contributed by atoms with Crippen molar-refractivity contribution >= 4 is 29.1 Å². The van der Waals surface area contributed by atoms with E-state index in [1.165, 1.54) is 25.0 Å². The van der Waals surface area contributed by atoms with Crippen molar-refractivity contribution < 1.29 is 4.39 Å². The van der Waals surface area contributed by atoms with Crippen LogP contribution in [0.4, 0.5) is 21.8 Å². The number of hydrogen-bond donors (Lipinski definition) is 2. The lowest BCUT2D eigenvalue weighted by molar-refractivity contribution is 0.628. The van der Waals surface area contributed by atoms with Gasteiger partial charge in [-0.2, -0.15) is 4.98 Å². The number of hydrogen-bond acceptors (Lipinski definition) is 5. The monoisotopic (exact) mass is 383 g/mol. The van der Waals surface area contributed by atoms with E-state index in [-0.39, 0.29) is 5.02 Å². The molecule has 1 aliphatic carbocycles. The number of halogens is 2. The van der Waals surface area contributed by atoms with Crippen molar-refractivity contribution in [3.8, 4) is 11.4 Å². The Bertz CT molecular complexity index is 929. The van der Waals surface area contributed by atoms with E-state index in [0.717, 1.165) is 18.5 Å². The summed E-state index contributed by atoms with van der Waals surface area (Å²) in [7, 11) is 0. The highest BCUT2D eigenvalue weighted by atomic mass is 35.5. The van der Waals surface area contributed by atoms with E-state index in [1.807, 2.05) is 24.3 Å². The summed E-state index contributed by atoms with van der Waals surface area (Å²) >= 11 is 5.88. The zero-order valence-corrected chi connectivity index (χ0v) is 15.4. The van der Waals surface area contributed by atoms with Crippen molar-refractivity contribution in [2.75, 3.05) is 10.6 Å². The van der Waals surface area contributed by atoms with Gasteiger partial charge < -0.3 is 10.6 Å². The van der Waals surface area contributed by atoms with Crippen LogP contribution >= 0.6 is 11.6 Å². The highest BCUT2D eigenvalue weighted by Gasteiger charge is 2.17. The van der Waals surface area contributed by atoms with E-state index in [4.69, 9.17) is 11.6 Å². The Morgan fingerprint density at radius 1 is 1.00 bits per heavy atom. The van der Waals surface area contributed by atoms with Gasteiger partial charge in [0, 0.05) is 24.0 Å². The van der Waals surface area contributed by atoms with Crippen molar-refractivity contribution in [2.24, 2.45) is 0 Å². The van der Waals surface area contributed by atoms with Gasteiger partial charge in [0.05, 0.1) is 16.4 Å². The highest BCUT2D eigenvalue weighted by Crippen LogP contribution is 2.27. The maximum absolute atomic E-state index is 13.4. The molecule has 27 heavy (non-hydrogen) atoms. The second kappa shape index (κ2) is 7.88. The van der Waals surface area contributed by atoms with Gasteiger partial charge in [0.15, 0.2) is 0 Å². The minimum Gasteiger partial charge on any atom is -0.351 e. The lowest BCUT2D eigenvalue weighted by Crippen LogP contribution is -2.17. The zero-order chi connectivity index (χ0) is 18.6. The quantitative estimate of drug-likeness (QED) is 0.615. The summed E-state index contributed by atoms with van der Waals surface area (Å²) in [6.07, 6.45) is 6.41. The first-order valence-corrected chi connectivity index (χ1v) is 9.34. The Kier molecular flexibility index (Phi) is 5.16. The van der Waals surface area contributed by atoms with Crippen molar-refractivity contribution in [3.05, 3.63) is 59.5 Å². The number of anilines is 3. The van der Waals surface area contributed by atoms with Gasteiger partial charge in [-0.3, -0.25) is 4.98 Å². The number of rotatable bonds is 5. The minimum atomic E-state index is -0.456. The number of pyridine rings is 1. The molecule has 1 aliphatic rings. The molecule has 0 spiro atoms. The van der Waals surface area contributed by atoms with Crippen LogP contribution in [0.5, 0.6) is 0 Å². The minimum absolute atomic E-state index is 0.0586. The summed E-state index contributed by atoms with van der Waals surface area (Å²) in [5.74, 6) is 0.692. The van der Waals surface area contributed by atoms with Crippen LogP contribution in [0.25, 0.3) is 11.4 Å². The molecule has 5 nitrogen and oxygen atoms in total. The molecule has 0 saturated heterocycles. The molecule has 138 valence electrons. The summed E-state index contributed by atoms with van der Waals surface area (Å²) in [6, 6.07) is 12.4. The average molecular weight is 384 g/mol. The Labute approximate surface area is 162 Å². The highest BCUT2D eigenvalue weighted by molar-refractivity contribution is 6.31. The molecular weight excluding hydrogens is 365 g/mol. The third-order valence-corrected chi connectivity index (χ3v) is 4.82. The summed E-state index contributed by atoms with van der Waals surface area (Å²) < 4.78 is 13.4. The molecule has 3 aromatic rings. The Balaban J connectivity index is 1.67. The van der Waals surface area contributed by atoms with Gasteiger partial charge in [0.2, 0.25) is 5.95 Å². The number of nitrogens with one attached hydrogen (secondary N) is 2. The Morgan fingerprint density at radius 3 is 2.59 bits per heavy atom. The second-order valence-corrected chi connectivity index (χ2v) is 6.96. The van der Waals surface area contributed by atoms with E-state index in [1.54, 1.807) is 12.3 Å². The van der Waals surface area contributed by atoms with Gasteiger partial charge in [0.25, 0.3) is 0 Å². The van der Waals surface area contributed by atoms with Gasteiger partial charge in [-0.25, -0.2) is 9.37 Å². The van der Waals surface area contributed by atoms with Crippen LogP contribution in [0.1, 0.15) is 25.7 Å². The molecule has 1 aromatic carbocycles. The summed E-state index contributed by atoms with van der Waals surface area (Å²) in [5, 5.41) is 6.66. The molecule has 2 N–H and O–H groups in total. The summed E-state index contributed by atoms with van der Waals surface area (Å²) in [6.45, 7) is 0. The predicted molar refractivity (Wildman–Crippen MR) is 106 cm³/mol. The summed E-state index contributed by atoms with van der Waals surface area (Å²) in [5.41, 5.74) is 2.12. The SMILES string of the molecule is Fc1ccc(Nc2cc(-c3ccccn3)nc(NC3CCCC3)n2)cc1Cl. The molecule has 2 aromatic heterocycles. The molecule has 0 unspecified atom stereocenters. The smallest absolute Gasteiger partial charge is 0.225 e. The van der Waals surface area contributed by atoms with E-state index in [0.29, 0.717) is 29.2 Å². The van der Waals surface area contributed by atoms with Crippen molar-refractivity contribution in [3.63, 3.8) is 0 Å². The van der Waals surface area contributed by atoms with E-state index >= 15 is 0 Å². The number of nitrogens with zero attached hydrogens (tertiary/aromatic N) is 3. The summed E-state index contributed by atoms with van der Waals surface area (Å²) in [4.78, 5) is 13.6. The standard InChI is InChI=1S/C20H19ClFN5/c21-15-11-14(8-9-16(15)22)24-19-12-18(17-7-3-4-10-23-17)26-20(27-19)25-13-5-1-2-6-13/h3-4,7-13H,1-2,5-6H2,(H2,24,25,26,27). The molecular formula is C20H19ClFN5. The van der Waals surface area contributed by atoms with E-state index < -0.39 is 5.82 Å². The number of aromatic nitrogens is 3. The molecule has 4 rings (SSSR count). The maximum atomic E-state index is 13.4. The molecule has 2 heterocycles. The molecule has 1 saturated carbocycles. The predicted octanol–water partition coefficient (Wildman–Crippen LogP) is 5.43. The van der Waals surface area contributed by atoms with Gasteiger partial charge in [-0.1, -0.05) is 30.5 Å². The lowest BCUT2D eigenvalue weighted by atomic mass is 10.2. The van der Waals surface area contributed by atoms with Crippen LogP contribution in [0.2, 0.25) is 5.02 Å². The van der Waals surface area contributed by atoms with E-state index in [9.17, 15) is 4.39 Å². The fourth-order valence-corrected chi connectivity index (χ4v) is 3.38. The Hall–Kier alpha value is -2.73. The zero-order valence-electron chi connectivity index (χ0n) is 14.6. The first-order chi connectivity index (χ1) is 13.2. The average Bonchev–Trinajstić information content (AvgIpc) is 3.18. The van der Waals surface area contributed by atoms with Gasteiger partial charge >= 0.3 is 0 Å². The molecule has 7 heteroatoms. The molecule has 0 amide bonds. The normalized spacial score (nSPS) is 14.3. The third-order valence-electron chi connectivity index (χ3n) is 4.53. The first-order valence-electron chi connectivity index (χ1n) is 8.96. The van der Waals surface area contributed by atoms with Crippen LogP contribution < -0.4 is 10.6 Å². The van der Waals surface area contributed by atoms with Gasteiger partial charge in [-0.15, -0.1) is 0 Å². The van der Waals surface area contributed by atoms with Crippen LogP contribution in [-0.4, -0.2) is 21.0 Å². The van der Waals surface area contributed by atoms with Crippen LogP contribution in [0, 0.1) is 5.82 Å². The fraction of sp³-hybridized carbons (Fsp3) is 0.250. The topological polar surface area (TPSA) is 62.7 Å². The fourth-order valence-electron chi connectivity index (χ4n) is 3.20. The maximum Gasteiger partial charge on any atom is 0.225 e. The largest absolute Gasteiger partial charge is 0.351 e. The third kappa shape index (κ3) is 4.34. The molecule has 0 bridgehead atoms. The van der Waals surface area contributed by atoms with Crippen LogP contribution in [0.15, 0.2) is 48.7 Å². The van der Waals surface area contributed by atoms with Crippen molar-refractivity contribution in [1.82, 2.24) is 15.0 Å². The van der Waals surface area contributed by atoms with Crippen LogP contribution in [0.3, 0.4) is 0 Å².